The number of anilines is 1. The second-order valence-corrected chi connectivity index (χ2v) is 12.5. The van der Waals surface area contributed by atoms with E-state index in [2.05, 4.69) is 16.7 Å². The van der Waals surface area contributed by atoms with Gasteiger partial charge in [0.25, 0.3) is 0 Å². The molecule has 1 fully saturated rings. The van der Waals surface area contributed by atoms with E-state index in [-0.39, 0.29) is 26.6 Å². The number of ether oxygens (including phenoxy) is 1. The molecule has 0 aromatic heterocycles. The Bertz CT molecular complexity index is 1580. The van der Waals surface area contributed by atoms with E-state index in [0.717, 1.165) is 6.07 Å². The lowest BCUT2D eigenvalue weighted by Gasteiger charge is -2.37. The number of amides is 1. The van der Waals surface area contributed by atoms with Gasteiger partial charge in [0.2, 0.25) is 5.91 Å². The van der Waals surface area contributed by atoms with Gasteiger partial charge in [0.05, 0.1) is 29.8 Å². The molecule has 3 aromatic carbocycles. The van der Waals surface area contributed by atoms with Gasteiger partial charge in [-0.15, -0.1) is 0 Å². The smallest absolute Gasteiger partial charge is 0.338 e. The molecule has 0 radical (unpaired) electrons. The zero-order valence-corrected chi connectivity index (χ0v) is 25.3. The van der Waals surface area contributed by atoms with E-state index < -0.39 is 46.9 Å². The van der Waals surface area contributed by atoms with Crippen molar-refractivity contribution in [2.24, 2.45) is 5.41 Å². The maximum atomic E-state index is 15.8. The van der Waals surface area contributed by atoms with Gasteiger partial charge in [0.15, 0.2) is 0 Å². The predicted octanol–water partition coefficient (Wildman–Crippen LogP) is 7.33. The molecule has 1 saturated heterocycles. The van der Waals surface area contributed by atoms with Crippen LogP contribution in [0.15, 0.2) is 54.6 Å². The summed E-state index contributed by atoms with van der Waals surface area (Å²) in [5.41, 5.74) is -0.838. The van der Waals surface area contributed by atoms with Gasteiger partial charge >= 0.3 is 5.97 Å². The van der Waals surface area contributed by atoms with Gasteiger partial charge in [-0.25, -0.2) is 13.6 Å². The van der Waals surface area contributed by atoms with Gasteiger partial charge in [0, 0.05) is 28.2 Å². The molecular formula is C32H31Cl2F2N3O3. The summed E-state index contributed by atoms with van der Waals surface area (Å²) in [4.78, 5) is 26.1. The van der Waals surface area contributed by atoms with Crippen LogP contribution in [-0.4, -0.2) is 31.1 Å². The molecule has 42 heavy (non-hydrogen) atoms. The Morgan fingerprint density at radius 2 is 1.83 bits per heavy atom. The summed E-state index contributed by atoms with van der Waals surface area (Å²) < 4.78 is 36.3. The molecular weight excluding hydrogens is 583 g/mol. The molecule has 2 N–H and O–H groups in total. The highest BCUT2D eigenvalue weighted by Gasteiger charge is 2.61. The van der Waals surface area contributed by atoms with Crippen molar-refractivity contribution in [2.45, 2.75) is 57.5 Å². The minimum Gasteiger partial charge on any atom is -0.465 e. The van der Waals surface area contributed by atoms with Crippen molar-refractivity contribution in [3.63, 3.8) is 0 Å². The van der Waals surface area contributed by atoms with E-state index in [1.165, 1.54) is 43.5 Å². The molecule has 1 aliphatic heterocycles. The molecule has 1 aliphatic rings. The van der Waals surface area contributed by atoms with Gasteiger partial charge in [-0.1, -0.05) is 62.2 Å². The number of rotatable bonds is 6. The lowest BCUT2D eigenvalue weighted by Crippen LogP contribution is -2.45. The molecule has 0 aliphatic carbocycles. The highest BCUT2D eigenvalue weighted by molar-refractivity contribution is 6.31. The Kier molecular flexibility index (Phi) is 8.98. The number of nitrogens with one attached hydrogen (secondary N) is 2. The Morgan fingerprint density at radius 1 is 1.12 bits per heavy atom. The maximum absolute atomic E-state index is 15.8. The number of esters is 1. The Balaban J connectivity index is 1.91. The summed E-state index contributed by atoms with van der Waals surface area (Å²) in [6.07, 6.45) is 0.345. The number of methoxy groups -OCH3 is 1. The van der Waals surface area contributed by atoms with E-state index in [9.17, 15) is 14.9 Å². The van der Waals surface area contributed by atoms with Crippen molar-refractivity contribution in [2.75, 3.05) is 12.4 Å². The second-order valence-electron chi connectivity index (χ2n) is 11.7. The van der Waals surface area contributed by atoms with Crippen molar-refractivity contribution < 1.29 is 23.1 Å². The first-order valence-electron chi connectivity index (χ1n) is 13.3. The third kappa shape index (κ3) is 5.87. The number of aryl methyl sites for hydroxylation is 1. The fraction of sp³-hybridized carbons (Fsp3) is 0.344. The first-order valence-corrected chi connectivity index (χ1v) is 14.1. The lowest BCUT2D eigenvalue weighted by atomic mass is 9.62. The van der Waals surface area contributed by atoms with Gasteiger partial charge < -0.3 is 15.4 Å². The number of benzene rings is 3. The predicted molar refractivity (Wildman–Crippen MR) is 159 cm³/mol. The first kappa shape index (κ1) is 31.4. The van der Waals surface area contributed by atoms with Crippen LogP contribution in [0.1, 0.15) is 60.2 Å². The number of carbonyl (C=O) groups excluding carboxylic acids is 2. The van der Waals surface area contributed by atoms with Gasteiger partial charge in [0.1, 0.15) is 17.0 Å². The van der Waals surface area contributed by atoms with Crippen LogP contribution in [0.25, 0.3) is 0 Å². The van der Waals surface area contributed by atoms with Crippen molar-refractivity contribution in [3.05, 3.63) is 98.5 Å². The number of halogens is 4. The van der Waals surface area contributed by atoms with Gasteiger partial charge in [-0.05, 0) is 66.3 Å². The van der Waals surface area contributed by atoms with Crippen LogP contribution >= 0.6 is 23.2 Å². The minimum absolute atomic E-state index is 0.000297. The summed E-state index contributed by atoms with van der Waals surface area (Å²) in [6, 6.07) is 13.4. The normalized spacial score (nSPS) is 22.0. The van der Waals surface area contributed by atoms with Crippen molar-refractivity contribution in [3.8, 4) is 6.07 Å². The van der Waals surface area contributed by atoms with E-state index in [1.54, 1.807) is 19.1 Å². The summed E-state index contributed by atoms with van der Waals surface area (Å²) in [5.74, 6) is -3.83. The average Bonchev–Trinajstić information content (AvgIpc) is 3.23. The fourth-order valence-electron chi connectivity index (χ4n) is 5.86. The molecule has 0 saturated carbocycles. The third-order valence-electron chi connectivity index (χ3n) is 7.63. The van der Waals surface area contributed by atoms with Crippen LogP contribution < -0.4 is 10.6 Å². The molecule has 4 rings (SSSR count). The lowest BCUT2D eigenvalue weighted by molar-refractivity contribution is -0.118. The summed E-state index contributed by atoms with van der Waals surface area (Å²) in [7, 11) is 1.28. The van der Waals surface area contributed by atoms with Crippen LogP contribution in [0.2, 0.25) is 10.0 Å². The van der Waals surface area contributed by atoms with E-state index in [0.29, 0.717) is 23.2 Å². The average molecular weight is 615 g/mol. The Hall–Kier alpha value is -3.51. The summed E-state index contributed by atoms with van der Waals surface area (Å²) >= 11 is 12.3. The molecule has 1 amide bonds. The zero-order chi connectivity index (χ0) is 31.0. The number of carbonyl (C=O) groups is 2. The molecule has 6 nitrogen and oxygen atoms in total. The summed E-state index contributed by atoms with van der Waals surface area (Å²) in [6.45, 7) is 7.58. The van der Waals surface area contributed by atoms with Crippen molar-refractivity contribution in [1.29, 1.82) is 5.26 Å². The standard InChI is InChI=1S/C32H31Cl2F2N3O3/c1-17-13-19(10-11-20(17)30(41)42-5)38-29(40)28-26(21-7-6-8-23(34)27(21)36)32(16-37,25(39-28)15-31(2,3)4)22-12-9-18(33)14-24(22)35/h6-14,25-26,28,39H,15H2,1-5H3,(H,38,40)/t25?,26?,28-,32+/m1/s1. The van der Waals surface area contributed by atoms with E-state index in [1.807, 2.05) is 20.8 Å². The quantitative estimate of drug-likeness (QED) is 0.284. The third-order valence-corrected chi connectivity index (χ3v) is 8.16. The number of nitriles is 1. The molecule has 220 valence electrons. The summed E-state index contributed by atoms with van der Waals surface area (Å²) in [5, 5.41) is 17.0. The monoisotopic (exact) mass is 613 g/mol. The highest BCUT2D eigenvalue weighted by atomic mass is 35.5. The van der Waals surface area contributed by atoms with E-state index >= 15 is 8.78 Å². The molecule has 10 heteroatoms. The molecule has 0 bridgehead atoms. The van der Waals surface area contributed by atoms with Crippen LogP contribution in [0.3, 0.4) is 0 Å². The molecule has 4 atom stereocenters. The molecule has 3 aromatic rings. The second kappa shape index (κ2) is 12.0. The van der Waals surface area contributed by atoms with Crippen LogP contribution in [0.4, 0.5) is 14.5 Å². The number of hydrogen-bond donors (Lipinski definition) is 2. The number of nitrogens with zero attached hydrogens (tertiary/aromatic N) is 1. The largest absolute Gasteiger partial charge is 0.465 e. The molecule has 1 heterocycles. The number of hydrogen-bond acceptors (Lipinski definition) is 5. The van der Waals surface area contributed by atoms with Crippen LogP contribution in [-0.2, 0) is 14.9 Å². The van der Waals surface area contributed by atoms with Gasteiger partial charge in [-0.3, -0.25) is 4.79 Å². The fourth-order valence-corrected chi connectivity index (χ4v) is 6.20. The zero-order valence-electron chi connectivity index (χ0n) is 23.8. The SMILES string of the molecule is COC(=O)c1ccc(NC(=O)[C@@H]2NC(CC(C)(C)C)[C@](C#N)(c3ccc(Cl)cc3F)C2c2cccc(Cl)c2F)cc1C. The van der Waals surface area contributed by atoms with Gasteiger partial charge in [-0.2, -0.15) is 5.26 Å². The topological polar surface area (TPSA) is 91.2 Å². The Morgan fingerprint density at radius 3 is 2.43 bits per heavy atom. The minimum atomic E-state index is -1.74. The highest BCUT2D eigenvalue weighted by Crippen LogP contribution is 2.52. The maximum Gasteiger partial charge on any atom is 0.338 e. The van der Waals surface area contributed by atoms with Crippen molar-refractivity contribution >= 4 is 40.8 Å². The van der Waals surface area contributed by atoms with Crippen LogP contribution in [0, 0.1) is 35.3 Å². The van der Waals surface area contributed by atoms with Crippen LogP contribution in [0.5, 0.6) is 0 Å². The first-order chi connectivity index (χ1) is 19.7. The molecule has 0 spiro atoms. The van der Waals surface area contributed by atoms with E-state index in [4.69, 9.17) is 27.9 Å². The Labute approximate surface area is 254 Å². The molecule has 2 unspecified atom stereocenters. The van der Waals surface area contributed by atoms with Crippen molar-refractivity contribution in [1.82, 2.24) is 5.32 Å².